The van der Waals surface area contributed by atoms with Crippen LogP contribution in [-0.4, -0.2) is 27.5 Å². The van der Waals surface area contributed by atoms with Gasteiger partial charge in [0, 0.05) is 5.69 Å². The van der Waals surface area contributed by atoms with Gasteiger partial charge in [-0.2, -0.15) is 5.10 Å². The molecular weight excluding hydrogens is 256 g/mol. The first-order chi connectivity index (χ1) is 9.47. The van der Waals surface area contributed by atoms with E-state index in [1.807, 2.05) is 32.9 Å². The lowest BCUT2D eigenvalue weighted by Gasteiger charge is -2.10. The molecule has 0 atom stereocenters. The summed E-state index contributed by atoms with van der Waals surface area (Å²) in [6.45, 7) is 6.84. The van der Waals surface area contributed by atoms with Crippen molar-refractivity contribution in [2.24, 2.45) is 0 Å². The Hall–Kier alpha value is -2.30. The van der Waals surface area contributed by atoms with Crippen molar-refractivity contribution in [3.63, 3.8) is 0 Å². The lowest BCUT2D eigenvalue weighted by atomic mass is 10.1. The molecule has 5 heteroatoms. The van der Waals surface area contributed by atoms with Gasteiger partial charge in [-0.25, -0.2) is 4.79 Å². The zero-order valence-corrected chi connectivity index (χ0v) is 11.9. The van der Waals surface area contributed by atoms with Crippen molar-refractivity contribution in [2.75, 3.05) is 6.61 Å². The third-order valence-electron chi connectivity index (χ3n) is 3.09. The molecule has 0 bridgehead atoms. The smallest absolute Gasteiger partial charge is 0.356 e. The molecule has 0 fully saturated rings. The predicted octanol–water partition coefficient (Wildman–Crippen LogP) is 2.59. The van der Waals surface area contributed by atoms with E-state index >= 15 is 0 Å². The van der Waals surface area contributed by atoms with E-state index in [0.29, 0.717) is 13.2 Å². The lowest BCUT2D eigenvalue weighted by molar-refractivity contribution is 0.0689. The molecule has 0 aliphatic heterocycles. The average Bonchev–Trinajstić information content (AvgIpc) is 2.74. The molecule has 1 aromatic heterocycles. The van der Waals surface area contributed by atoms with Gasteiger partial charge in [-0.3, -0.25) is 4.68 Å². The van der Waals surface area contributed by atoms with Crippen LogP contribution in [0.25, 0.3) is 0 Å². The molecule has 0 amide bonds. The maximum atomic E-state index is 10.8. The summed E-state index contributed by atoms with van der Waals surface area (Å²) < 4.78 is 7.36. The highest BCUT2D eigenvalue weighted by Crippen LogP contribution is 2.18. The van der Waals surface area contributed by atoms with Gasteiger partial charge in [0.15, 0.2) is 5.69 Å². The fourth-order valence-corrected chi connectivity index (χ4v) is 2.04. The number of ether oxygens (including phenoxy) is 1. The van der Waals surface area contributed by atoms with Crippen molar-refractivity contribution in [1.29, 1.82) is 0 Å². The van der Waals surface area contributed by atoms with Crippen LogP contribution in [0, 0.1) is 20.8 Å². The number of carboxylic acid groups (broad SMARTS) is 1. The summed E-state index contributed by atoms with van der Waals surface area (Å²) in [5.41, 5.74) is 3.16. The number of nitrogens with zero attached hydrogens (tertiary/aromatic N) is 2. The highest BCUT2D eigenvalue weighted by Gasteiger charge is 2.10. The number of carboxylic acids is 1. The van der Waals surface area contributed by atoms with Crippen molar-refractivity contribution in [3.8, 4) is 5.75 Å². The van der Waals surface area contributed by atoms with Gasteiger partial charge in [-0.05, 0) is 38.5 Å². The van der Waals surface area contributed by atoms with Crippen LogP contribution in [0.4, 0.5) is 0 Å². The van der Waals surface area contributed by atoms with Crippen LogP contribution in [0.2, 0.25) is 0 Å². The van der Waals surface area contributed by atoms with Crippen molar-refractivity contribution in [3.05, 3.63) is 46.8 Å². The molecule has 0 aliphatic carbocycles. The molecule has 0 radical (unpaired) electrons. The van der Waals surface area contributed by atoms with Gasteiger partial charge in [-0.15, -0.1) is 0 Å². The van der Waals surface area contributed by atoms with Crippen LogP contribution < -0.4 is 4.74 Å². The van der Waals surface area contributed by atoms with E-state index in [9.17, 15) is 4.79 Å². The van der Waals surface area contributed by atoms with Gasteiger partial charge in [0.25, 0.3) is 0 Å². The van der Waals surface area contributed by atoms with Crippen molar-refractivity contribution >= 4 is 5.97 Å². The van der Waals surface area contributed by atoms with Crippen molar-refractivity contribution < 1.29 is 14.6 Å². The van der Waals surface area contributed by atoms with E-state index in [1.165, 1.54) is 5.56 Å². The number of aromatic carboxylic acids is 1. The normalized spacial score (nSPS) is 10.6. The third-order valence-corrected chi connectivity index (χ3v) is 3.09. The van der Waals surface area contributed by atoms with Crippen molar-refractivity contribution in [1.82, 2.24) is 9.78 Å². The first-order valence-corrected chi connectivity index (χ1v) is 6.45. The van der Waals surface area contributed by atoms with Crippen molar-refractivity contribution in [2.45, 2.75) is 27.3 Å². The lowest BCUT2D eigenvalue weighted by Crippen LogP contribution is -2.12. The summed E-state index contributed by atoms with van der Waals surface area (Å²) >= 11 is 0. The first kappa shape index (κ1) is 14.1. The number of carbonyl (C=O) groups is 1. The fraction of sp³-hybridized carbons (Fsp3) is 0.333. The molecule has 0 unspecified atom stereocenters. The molecule has 0 aliphatic rings. The Morgan fingerprint density at radius 1 is 1.30 bits per heavy atom. The van der Waals surface area contributed by atoms with Crippen LogP contribution in [-0.2, 0) is 6.54 Å². The first-order valence-electron chi connectivity index (χ1n) is 6.45. The monoisotopic (exact) mass is 274 g/mol. The quantitative estimate of drug-likeness (QED) is 0.910. The summed E-state index contributed by atoms with van der Waals surface area (Å²) in [6, 6.07) is 7.57. The Balaban J connectivity index is 1.97. The number of aryl methyl sites for hydroxylation is 3. The predicted molar refractivity (Wildman–Crippen MR) is 75.3 cm³/mol. The number of rotatable bonds is 5. The Morgan fingerprint density at radius 2 is 2.05 bits per heavy atom. The second-order valence-corrected chi connectivity index (χ2v) is 4.82. The molecule has 0 saturated carbocycles. The summed E-state index contributed by atoms with van der Waals surface area (Å²) in [6.07, 6.45) is 0. The Bertz CT molecular complexity index is 632. The highest BCUT2D eigenvalue weighted by molar-refractivity contribution is 5.85. The minimum atomic E-state index is -1.01. The Labute approximate surface area is 117 Å². The van der Waals surface area contributed by atoms with E-state index < -0.39 is 5.97 Å². The van der Waals surface area contributed by atoms with E-state index in [0.717, 1.165) is 17.0 Å². The SMILES string of the molecule is Cc1ccc(OCCn2nc(C(=O)O)cc2C)c(C)c1. The zero-order valence-electron chi connectivity index (χ0n) is 11.9. The second kappa shape index (κ2) is 5.77. The van der Waals surface area contributed by atoms with E-state index in [2.05, 4.69) is 11.2 Å². The molecule has 1 heterocycles. The molecule has 106 valence electrons. The molecular formula is C15H18N2O3. The van der Waals surface area contributed by atoms with Crippen LogP contribution in [0.5, 0.6) is 5.75 Å². The standard InChI is InChI=1S/C15H18N2O3/c1-10-4-5-14(11(2)8-10)20-7-6-17-12(3)9-13(16-17)15(18)19/h4-5,8-9H,6-7H2,1-3H3,(H,18,19). The molecule has 0 spiro atoms. The van der Waals surface area contributed by atoms with Crippen LogP contribution in [0.15, 0.2) is 24.3 Å². The highest BCUT2D eigenvalue weighted by atomic mass is 16.5. The molecule has 1 aromatic carbocycles. The van der Waals surface area contributed by atoms with Gasteiger partial charge in [-0.1, -0.05) is 17.7 Å². The van der Waals surface area contributed by atoms with Gasteiger partial charge in [0.1, 0.15) is 12.4 Å². The molecule has 5 nitrogen and oxygen atoms in total. The van der Waals surface area contributed by atoms with Crippen LogP contribution in [0.3, 0.4) is 0 Å². The fourth-order valence-electron chi connectivity index (χ4n) is 2.04. The largest absolute Gasteiger partial charge is 0.491 e. The third kappa shape index (κ3) is 3.17. The maximum absolute atomic E-state index is 10.8. The molecule has 2 rings (SSSR count). The maximum Gasteiger partial charge on any atom is 0.356 e. The topological polar surface area (TPSA) is 64.4 Å². The van der Waals surface area contributed by atoms with E-state index in [4.69, 9.17) is 9.84 Å². The summed E-state index contributed by atoms with van der Waals surface area (Å²) in [5, 5.41) is 12.9. The van der Waals surface area contributed by atoms with Gasteiger partial charge in [0.2, 0.25) is 0 Å². The Kier molecular flexibility index (Phi) is 4.08. The summed E-state index contributed by atoms with van der Waals surface area (Å²) in [7, 11) is 0. The molecule has 1 N–H and O–H groups in total. The Morgan fingerprint density at radius 3 is 2.65 bits per heavy atom. The van der Waals surface area contributed by atoms with Gasteiger partial charge in [0.05, 0.1) is 6.54 Å². The number of benzene rings is 1. The number of hydrogen-bond acceptors (Lipinski definition) is 3. The average molecular weight is 274 g/mol. The molecule has 0 saturated heterocycles. The number of hydrogen-bond donors (Lipinski definition) is 1. The van der Waals surface area contributed by atoms with E-state index in [-0.39, 0.29) is 5.69 Å². The minimum Gasteiger partial charge on any atom is -0.491 e. The van der Waals surface area contributed by atoms with Crippen LogP contribution >= 0.6 is 0 Å². The minimum absolute atomic E-state index is 0.0639. The van der Waals surface area contributed by atoms with Crippen LogP contribution in [0.1, 0.15) is 27.3 Å². The van der Waals surface area contributed by atoms with Gasteiger partial charge < -0.3 is 9.84 Å². The second-order valence-electron chi connectivity index (χ2n) is 4.82. The molecule has 2 aromatic rings. The number of aromatic nitrogens is 2. The molecule has 20 heavy (non-hydrogen) atoms. The zero-order chi connectivity index (χ0) is 14.7. The van der Waals surface area contributed by atoms with E-state index in [1.54, 1.807) is 10.7 Å². The summed E-state index contributed by atoms with van der Waals surface area (Å²) in [5.74, 6) is -0.166. The van der Waals surface area contributed by atoms with Gasteiger partial charge >= 0.3 is 5.97 Å². The summed E-state index contributed by atoms with van der Waals surface area (Å²) in [4.78, 5) is 10.8.